The van der Waals surface area contributed by atoms with Crippen LogP contribution in [0.1, 0.15) is 0 Å². The summed E-state index contributed by atoms with van der Waals surface area (Å²) in [5.41, 5.74) is 6.83. The van der Waals surface area contributed by atoms with Crippen LogP contribution in [0.15, 0.2) is 162 Å². The molecule has 10 rings (SSSR count). The molecular weight excluding hydrogens is 601 g/mol. The monoisotopic (exact) mass is 626 g/mol. The normalized spacial score (nSPS) is 11.7. The van der Waals surface area contributed by atoms with Crippen molar-refractivity contribution in [1.29, 1.82) is 0 Å². The van der Waals surface area contributed by atoms with Gasteiger partial charge < -0.3 is 4.42 Å². The van der Waals surface area contributed by atoms with Gasteiger partial charge in [-0.2, -0.15) is 0 Å². The van der Waals surface area contributed by atoms with E-state index >= 15 is 0 Å². The second kappa shape index (κ2) is 10.9. The number of fused-ring (bicyclic) bond motifs is 6. The van der Waals surface area contributed by atoms with Gasteiger partial charge >= 0.3 is 0 Å². The van der Waals surface area contributed by atoms with Crippen LogP contribution in [0.25, 0.3) is 99.5 Å². The predicted molar refractivity (Wildman–Crippen MR) is 199 cm³/mol. The highest BCUT2D eigenvalue weighted by atomic mass is 16.3. The Labute approximate surface area is 281 Å². The number of nitrogens with zero attached hydrogens (tertiary/aromatic N) is 4. The maximum atomic E-state index is 6.39. The van der Waals surface area contributed by atoms with Crippen molar-refractivity contribution in [3.63, 3.8) is 0 Å². The van der Waals surface area contributed by atoms with Crippen molar-refractivity contribution in [3.05, 3.63) is 158 Å². The van der Waals surface area contributed by atoms with Crippen LogP contribution in [0.2, 0.25) is 0 Å². The van der Waals surface area contributed by atoms with E-state index in [-0.39, 0.29) is 0 Å². The number of hydrogen-bond acceptors (Lipinski definition) is 5. The first-order valence-corrected chi connectivity index (χ1v) is 16.3. The summed E-state index contributed by atoms with van der Waals surface area (Å²) in [5, 5.41) is 8.95. The Morgan fingerprint density at radius 1 is 0.388 bits per heavy atom. The first kappa shape index (κ1) is 27.4. The average molecular weight is 627 g/mol. The summed E-state index contributed by atoms with van der Waals surface area (Å²) in [4.78, 5) is 19.4. The van der Waals surface area contributed by atoms with Crippen LogP contribution in [-0.2, 0) is 0 Å². The lowest BCUT2D eigenvalue weighted by atomic mass is 9.93. The molecule has 0 aliphatic rings. The van der Waals surface area contributed by atoms with Crippen LogP contribution < -0.4 is 0 Å². The largest absolute Gasteiger partial charge is 0.456 e. The molecule has 10 aromatic rings. The maximum Gasteiger partial charge on any atom is 0.164 e. The third-order valence-corrected chi connectivity index (χ3v) is 9.36. The lowest BCUT2D eigenvalue weighted by Crippen LogP contribution is -2.00. The van der Waals surface area contributed by atoms with Crippen molar-refractivity contribution in [1.82, 2.24) is 19.9 Å². The minimum atomic E-state index is 0.632. The van der Waals surface area contributed by atoms with E-state index in [4.69, 9.17) is 19.4 Å². The summed E-state index contributed by atoms with van der Waals surface area (Å²) < 4.78 is 6.39. The topological polar surface area (TPSA) is 64.7 Å². The molecule has 0 atom stereocenters. The molecule has 0 amide bonds. The third kappa shape index (κ3) is 4.63. The summed E-state index contributed by atoms with van der Waals surface area (Å²) in [6, 6.07) is 50.3. The van der Waals surface area contributed by atoms with Crippen LogP contribution in [0.3, 0.4) is 0 Å². The van der Waals surface area contributed by atoms with E-state index in [9.17, 15) is 0 Å². The zero-order chi connectivity index (χ0) is 32.3. The lowest BCUT2D eigenvalue weighted by Gasteiger charge is -2.12. The first-order valence-electron chi connectivity index (χ1n) is 16.3. The number of benzene rings is 7. The summed E-state index contributed by atoms with van der Waals surface area (Å²) in [6.07, 6.45) is 3.72. The van der Waals surface area contributed by atoms with Crippen LogP contribution >= 0.6 is 0 Å². The van der Waals surface area contributed by atoms with Gasteiger partial charge in [0.05, 0.1) is 0 Å². The molecule has 0 bridgehead atoms. The minimum absolute atomic E-state index is 0.632. The Hall–Kier alpha value is -6.72. The summed E-state index contributed by atoms with van der Waals surface area (Å²) in [7, 11) is 0. The van der Waals surface area contributed by atoms with Crippen LogP contribution in [-0.4, -0.2) is 19.9 Å². The van der Waals surface area contributed by atoms with Gasteiger partial charge in [0.2, 0.25) is 0 Å². The van der Waals surface area contributed by atoms with Gasteiger partial charge in [0.1, 0.15) is 11.2 Å². The van der Waals surface area contributed by atoms with Gasteiger partial charge in [-0.25, -0.2) is 15.0 Å². The Morgan fingerprint density at radius 2 is 1.06 bits per heavy atom. The smallest absolute Gasteiger partial charge is 0.164 e. The number of furan rings is 1. The molecule has 0 aliphatic carbocycles. The molecule has 228 valence electrons. The maximum absolute atomic E-state index is 6.39. The van der Waals surface area contributed by atoms with E-state index in [2.05, 4.69) is 108 Å². The lowest BCUT2D eigenvalue weighted by molar-refractivity contribution is 0.669. The molecular formula is C44H26N4O. The molecule has 0 saturated carbocycles. The highest BCUT2D eigenvalue weighted by Gasteiger charge is 2.17. The molecule has 5 heteroatoms. The Morgan fingerprint density at radius 3 is 1.92 bits per heavy atom. The van der Waals surface area contributed by atoms with Gasteiger partial charge in [0.25, 0.3) is 0 Å². The Bertz CT molecular complexity index is 2890. The molecule has 0 aliphatic heterocycles. The van der Waals surface area contributed by atoms with Gasteiger partial charge in [-0.15, -0.1) is 0 Å². The highest BCUT2D eigenvalue weighted by molar-refractivity contribution is 6.17. The molecule has 0 saturated heterocycles. The molecule has 3 heterocycles. The van der Waals surface area contributed by atoms with E-state index in [1.807, 2.05) is 54.9 Å². The molecule has 49 heavy (non-hydrogen) atoms. The quantitative estimate of drug-likeness (QED) is 0.194. The number of rotatable bonds is 4. The zero-order valence-electron chi connectivity index (χ0n) is 26.2. The average Bonchev–Trinajstić information content (AvgIpc) is 3.54. The van der Waals surface area contributed by atoms with E-state index in [1.165, 1.54) is 5.39 Å². The molecule has 0 spiro atoms. The third-order valence-electron chi connectivity index (χ3n) is 9.36. The fourth-order valence-corrected chi connectivity index (χ4v) is 6.97. The van der Waals surface area contributed by atoms with Gasteiger partial charge in [0, 0.05) is 45.2 Å². The van der Waals surface area contributed by atoms with Crippen molar-refractivity contribution in [2.24, 2.45) is 0 Å². The van der Waals surface area contributed by atoms with Crippen LogP contribution in [0.4, 0.5) is 0 Å². The van der Waals surface area contributed by atoms with E-state index in [0.717, 1.165) is 76.7 Å². The number of aromatic nitrogens is 4. The van der Waals surface area contributed by atoms with Gasteiger partial charge in [-0.1, -0.05) is 109 Å². The van der Waals surface area contributed by atoms with E-state index in [1.54, 1.807) is 0 Å². The van der Waals surface area contributed by atoms with Crippen LogP contribution in [0, 0.1) is 0 Å². The molecule has 0 N–H and O–H groups in total. The zero-order valence-corrected chi connectivity index (χ0v) is 26.2. The standard InChI is InChI=1S/C44H26N4O/c1-2-9-28(10-3-1)42-46-43(32-17-16-27-8-4-5-11-29(27)22-32)48-44(47-42)33-18-19-35-31(23-33)12-6-13-36(35)37-14-7-15-39-41(37)38-24-34-26-45-21-20-30(34)25-40(38)49-39/h1-26H. The fraction of sp³-hybridized carbons (Fsp3) is 0. The van der Waals surface area contributed by atoms with E-state index in [0.29, 0.717) is 17.5 Å². The Kier molecular flexibility index (Phi) is 6.11. The molecule has 5 nitrogen and oxygen atoms in total. The summed E-state index contributed by atoms with van der Waals surface area (Å²) in [5.74, 6) is 1.92. The Balaban J connectivity index is 1.14. The molecule has 7 aromatic carbocycles. The summed E-state index contributed by atoms with van der Waals surface area (Å²) in [6.45, 7) is 0. The molecule has 0 fully saturated rings. The number of hydrogen-bond donors (Lipinski definition) is 0. The van der Waals surface area contributed by atoms with Gasteiger partial charge in [-0.05, 0) is 74.5 Å². The van der Waals surface area contributed by atoms with Crippen molar-refractivity contribution < 1.29 is 4.42 Å². The van der Waals surface area contributed by atoms with Gasteiger partial charge in [-0.3, -0.25) is 4.98 Å². The van der Waals surface area contributed by atoms with E-state index < -0.39 is 0 Å². The highest BCUT2D eigenvalue weighted by Crippen LogP contribution is 2.41. The van der Waals surface area contributed by atoms with Crippen molar-refractivity contribution >= 4 is 54.3 Å². The molecule has 0 unspecified atom stereocenters. The van der Waals surface area contributed by atoms with Gasteiger partial charge in [0.15, 0.2) is 17.5 Å². The summed E-state index contributed by atoms with van der Waals surface area (Å²) >= 11 is 0. The van der Waals surface area contributed by atoms with Crippen molar-refractivity contribution in [2.45, 2.75) is 0 Å². The molecule has 3 aromatic heterocycles. The van der Waals surface area contributed by atoms with Crippen molar-refractivity contribution in [3.8, 4) is 45.3 Å². The predicted octanol–water partition coefficient (Wildman–Crippen LogP) is 11.3. The van der Waals surface area contributed by atoms with Crippen LogP contribution in [0.5, 0.6) is 0 Å². The number of pyridine rings is 1. The second-order valence-electron chi connectivity index (χ2n) is 12.3. The first-order chi connectivity index (χ1) is 24.2. The van der Waals surface area contributed by atoms with Crippen molar-refractivity contribution in [2.75, 3.05) is 0 Å². The minimum Gasteiger partial charge on any atom is -0.456 e. The molecule has 0 radical (unpaired) electrons. The fourth-order valence-electron chi connectivity index (χ4n) is 6.97. The second-order valence-corrected chi connectivity index (χ2v) is 12.3. The SMILES string of the molecule is c1ccc(-c2nc(-c3ccc4ccccc4c3)nc(-c3ccc4c(-c5cccc6oc7cc8ccncc8cc7c56)cccc4c3)n2)cc1.